The highest BCUT2D eigenvalue weighted by Gasteiger charge is 2.29. The van der Waals surface area contributed by atoms with E-state index in [9.17, 15) is 0 Å². The zero-order valence-corrected chi connectivity index (χ0v) is 39.0. The summed E-state index contributed by atoms with van der Waals surface area (Å²) in [6.45, 7) is 24.4. The molecule has 16 nitrogen and oxygen atoms in total. The van der Waals surface area contributed by atoms with E-state index in [1.807, 2.05) is 88.4 Å². The molecule has 0 aliphatic carbocycles. The third-order valence-corrected chi connectivity index (χ3v) is 10.3. The van der Waals surface area contributed by atoms with Gasteiger partial charge in [0.2, 0.25) is 0 Å². The molecule has 0 saturated heterocycles. The van der Waals surface area contributed by atoms with Crippen LogP contribution in [0.5, 0.6) is 0 Å². The summed E-state index contributed by atoms with van der Waals surface area (Å²) >= 11 is 0. The average molecular weight is 875 g/mol. The molecule has 0 saturated carbocycles. The van der Waals surface area contributed by atoms with Gasteiger partial charge in [-0.05, 0) is 135 Å². The molecule has 16 heteroatoms. The number of hydrogen-bond donors (Lipinski definition) is 9. The average Bonchev–Trinajstić information content (AvgIpc) is 3.98. The van der Waals surface area contributed by atoms with Crippen molar-refractivity contribution in [1.82, 2.24) is 25.9 Å². The van der Waals surface area contributed by atoms with E-state index in [0.29, 0.717) is 76.2 Å². The minimum absolute atomic E-state index is 0.0910. The highest BCUT2D eigenvalue weighted by Crippen LogP contribution is 2.39. The second-order valence-corrected chi connectivity index (χ2v) is 16.9. The number of anilines is 4. The lowest BCUT2D eigenvalue weighted by Crippen LogP contribution is -2.36. The second-order valence-electron chi connectivity index (χ2n) is 16.9. The van der Waals surface area contributed by atoms with Crippen LogP contribution in [-0.4, -0.2) is 71.0 Å². The number of aromatic nitrogens is 2. The molecule has 5 heterocycles. The number of hydrogen-bond acceptors (Lipinski definition) is 12. The molecular formula is C49H62N16. The van der Waals surface area contributed by atoms with Crippen LogP contribution in [0.3, 0.4) is 0 Å². The number of nitrogens with two attached hydrogens (primary N) is 2. The maximum absolute atomic E-state index is 6.36. The summed E-state index contributed by atoms with van der Waals surface area (Å²) in [4.78, 5) is 41.5. The lowest BCUT2D eigenvalue weighted by atomic mass is 10.1. The number of H-pyrrole nitrogens is 2. The summed E-state index contributed by atoms with van der Waals surface area (Å²) in [5.74, 6) is 3.57. The van der Waals surface area contributed by atoms with Crippen LogP contribution in [0.15, 0.2) is 108 Å². The maximum atomic E-state index is 6.36. The van der Waals surface area contributed by atoms with Crippen LogP contribution in [0.4, 0.5) is 34.4 Å². The van der Waals surface area contributed by atoms with E-state index in [0.717, 1.165) is 55.2 Å². The number of amidine groups is 3. The Morgan fingerprint density at radius 3 is 2.06 bits per heavy atom. The van der Waals surface area contributed by atoms with E-state index >= 15 is 0 Å². The minimum Gasteiger partial charge on any atom is -0.399 e. The lowest BCUT2D eigenvalue weighted by Gasteiger charge is -2.16. The predicted octanol–water partition coefficient (Wildman–Crippen LogP) is 7.95. The van der Waals surface area contributed by atoms with Gasteiger partial charge in [0.15, 0.2) is 17.6 Å². The molecule has 4 aromatic carbocycles. The van der Waals surface area contributed by atoms with E-state index in [2.05, 4.69) is 102 Å². The first-order chi connectivity index (χ1) is 31.2. The number of fused-ring (bicyclic) bond motifs is 19. The van der Waals surface area contributed by atoms with Gasteiger partial charge in [0.1, 0.15) is 34.6 Å². The molecule has 1 atom stereocenters. The fourth-order valence-electron chi connectivity index (χ4n) is 7.36. The van der Waals surface area contributed by atoms with Gasteiger partial charge in [-0.1, -0.05) is 13.8 Å². The molecule has 6 aromatic rings. The van der Waals surface area contributed by atoms with Crippen molar-refractivity contribution in [2.45, 2.75) is 99.6 Å². The monoisotopic (exact) mass is 875 g/mol. The molecule has 0 amide bonds. The van der Waals surface area contributed by atoms with E-state index < -0.39 is 6.17 Å². The molecule has 65 heavy (non-hydrogen) atoms. The Bertz CT molecular complexity index is 2980. The Morgan fingerprint density at radius 1 is 0.662 bits per heavy atom. The first-order valence-electron chi connectivity index (χ1n) is 22.3. The van der Waals surface area contributed by atoms with Gasteiger partial charge in [-0.15, -0.1) is 0 Å². The first kappa shape index (κ1) is 45.7. The number of benzene rings is 4. The van der Waals surface area contributed by atoms with Crippen molar-refractivity contribution in [2.75, 3.05) is 28.8 Å². The molecule has 9 rings (SSSR count). The Hall–Kier alpha value is -7.33. The summed E-state index contributed by atoms with van der Waals surface area (Å²) in [5.41, 5.74) is 20.4. The van der Waals surface area contributed by atoms with Crippen molar-refractivity contribution in [1.29, 1.82) is 0 Å². The Kier molecular flexibility index (Phi) is 13.8. The van der Waals surface area contributed by atoms with Gasteiger partial charge in [0, 0.05) is 90.7 Å². The lowest BCUT2D eigenvalue weighted by molar-refractivity contribution is 0.618. The Balaban J connectivity index is 0.000000844. The zero-order valence-electron chi connectivity index (χ0n) is 39.0. The SMILES string of the molecule is C=NC(C)C.CC.CC(C)N=C(Nc1ccc2c3[nH]c(c2c1)/N=C1\NC(/N=c2\[nH]c(c4cc(N)ccc24)=NC2=N/C(=N\3)c3cc(NCNC(C)C)ccc32)c2cc(N)ccc21)NC(C)C. The highest BCUT2D eigenvalue weighted by atomic mass is 15.2. The van der Waals surface area contributed by atoms with E-state index in [4.69, 9.17) is 41.4 Å². The van der Waals surface area contributed by atoms with Gasteiger partial charge in [-0.25, -0.2) is 25.0 Å². The van der Waals surface area contributed by atoms with E-state index in [1.165, 1.54) is 0 Å². The molecule has 3 aliphatic heterocycles. The second kappa shape index (κ2) is 19.6. The first-order valence-corrected chi connectivity index (χ1v) is 22.3. The molecule has 0 radical (unpaired) electrons. The van der Waals surface area contributed by atoms with Crippen molar-refractivity contribution >= 4 is 86.1 Å². The van der Waals surface area contributed by atoms with E-state index in [1.54, 1.807) is 0 Å². The van der Waals surface area contributed by atoms with Crippen LogP contribution in [0.25, 0.3) is 21.5 Å². The third-order valence-electron chi connectivity index (χ3n) is 10.3. The van der Waals surface area contributed by atoms with Gasteiger partial charge >= 0.3 is 0 Å². The molecule has 8 bridgehead atoms. The number of nitrogen functional groups attached to an aromatic ring is 2. The van der Waals surface area contributed by atoms with Gasteiger partial charge in [-0.3, -0.25) is 15.3 Å². The smallest absolute Gasteiger partial charge is 0.196 e. The van der Waals surface area contributed by atoms with Crippen LogP contribution in [0.2, 0.25) is 0 Å². The topological polar surface area (TPSA) is 230 Å². The predicted molar refractivity (Wildman–Crippen MR) is 273 cm³/mol. The number of nitrogens with zero attached hydrogens (tertiary/aromatic N) is 7. The number of nitrogens with one attached hydrogen (secondary N) is 7. The van der Waals surface area contributed by atoms with Crippen molar-refractivity contribution in [3.8, 4) is 0 Å². The molecule has 3 aliphatic rings. The van der Waals surface area contributed by atoms with Crippen LogP contribution >= 0.6 is 0 Å². The maximum Gasteiger partial charge on any atom is 0.196 e. The molecule has 2 aromatic heterocycles. The molecule has 338 valence electrons. The summed E-state index contributed by atoms with van der Waals surface area (Å²) in [5, 5.41) is 20.8. The van der Waals surface area contributed by atoms with E-state index in [-0.39, 0.29) is 12.1 Å². The van der Waals surface area contributed by atoms with Gasteiger partial charge in [0.25, 0.3) is 0 Å². The summed E-state index contributed by atoms with van der Waals surface area (Å²) in [7, 11) is 0. The van der Waals surface area contributed by atoms with Crippen LogP contribution < -0.4 is 49.0 Å². The van der Waals surface area contributed by atoms with Gasteiger partial charge < -0.3 is 42.7 Å². The van der Waals surface area contributed by atoms with Crippen LogP contribution in [0, 0.1) is 0 Å². The summed E-state index contributed by atoms with van der Waals surface area (Å²) in [6, 6.07) is 24.8. The van der Waals surface area contributed by atoms with Gasteiger partial charge in [-0.2, -0.15) is 0 Å². The van der Waals surface area contributed by atoms with Crippen LogP contribution in [0.1, 0.15) is 97.7 Å². The Labute approximate surface area is 380 Å². The standard InChI is InChI=1S/C43H47N15.C4H9N.C2H6/c1-20(2)46-19-47-25-9-13-29-33(17-25)41-56-37(29)54-40-31-15-23(44)7-11-27(31)35(52-40)51-39-32-16-24(45)8-12-28(32)36(53-39)55-42-34-18-26(10-14-30(34)38(57-41)58-42)50-43(48-21(3)4)49-22(5)6;1-4(2)5-3;1-2/h7-18,20-22,39,46-47,58H,19,44-45H2,1-6H3,(H,53,55)(H2,48,49,50)(H,51,52,54,56,57);4H,3H2,1-2H3;1-2H3. The molecule has 11 N–H and O–H groups in total. The molecular weight excluding hydrogens is 813 g/mol. The summed E-state index contributed by atoms with van der Waals surface area (Å²) in [6.07, 6.45) is -0.502. The highest BCUT2D eigenvalue weighted by molar-refractivity contribution is 6.24. The van der Waals surface area contributed by atoms with Crippen LogP contribution in [-0.2, 0) is 0 Å². The van der Waals surface area contributed by atoms with Crippen molar-refractivity contribution in [3.05, 3.63) is 106 Å². The van der Waals surface area contributed by atoms with Crippen molar-refractivity contribution < 1.29 is 0 Å². The van der Waals surface area contributed by atoms with Crippen molar-refractivity contribution in [3.63, 3.8) is 0 Å². The number of aromatic amines is 2. The van der Waals surface area contributed by atoms with Crippen molar-refractivity contribution in [2.24, 2.45) is 34.9 Å². The number of aliphatic imine (C=N–C) groups is 5. The largest absolute Gasteiger partial charge is 0.399 e. The molecule has 0 spiro atoms. The molecule has 0 fully saturated rings. The van der Waals surface area contributed by atoms with Gasteiger partial charge in [0.05, 0.1) is 6.67 Å². The number of guanidine groups is 1. The Morgan fingerprint density at radius 2 is 1.34 bits per heavy atom. The quantitative estimate of drug-likeness (QED) is 0.0317. The zero-order chi connectivity index (χ0) is 46.5. The number of rotatable bonds is 8. The molecule has 1 unspecified atom stereocenters. The fraction of sp³-hybridized carbons (Fsp3) is 0.327. The minimum atomic E-state index is -0.502. The normalized spacial score (nSPS) is 17.0. The fourth-order valence-corrected chi connectivity index (χ4v) is 7.36. The third kappa shape index (κ3) is 10.2. The summed E-state index contributed by atoms with van der Waals surface area (Å²) < 4.78 is 0.